The zero-order valence-corrected chi connectivity index (χ0v) is 9.69. The largest absolute Gasteiger partial charge is 0.372 e. The third kappa shape index (κ3) is 1.83. The number of hydrogen-bond donors (Lipinski definition) is 1. The van der Waals surface area contributed by atoms with Gasteiger partial charge in [-0.2, -0.15) is 0 Å². The Morgan fingerprint density at radius 1 is 0.800 bits per heavy atom. The summed E-state index contributed by atoms with van der Waals surface area (Å²) in [5.41, 5.74) is 0.606. The van der Waals surface area contributed by atoms with Gasteiger partial charge in [0.1, 0.15) is 0 Å². The van der Waals surface area contributed by atoms with Crippen LogP contribution in [0.2, 0.25) is 0 Å². The van der Waals surface area contributed by atoms with Crippen molar-refractivity contribution in [3.05, 3.63) is 0 Å². The van der Waals surface area contributed by atoms with Gasteiger partial charge in [-0.3, -0.25) is 0 Å². The van der Waals surface area contributed by atoms with Crippen LogP contribution in [-0.2, 0) is 4.74 Å². The maximum absolute atomic E-state index is 6.26. The van der Waals surface area contributed by atoms with Gasteiger partial charge in [0.05, 0.1) is 12.2 Å². The zero-order chi connectivity index (χ0) is 10.2. The maximum atomic E-state index is 6.26. The minimum absolute atomic E-state index is 0.239. The Morgan fingerprint density at radius 2 is 1.47 bits per heavy atom. The molecule has 86 valence electrons. The van der Waals surface area contributed by atoms with Crippen molar-refractivity contribution in [3.63, 3.8) is 0 Å². The molecule has 3 fully saturated rings. The highest BCUT2D eigenvalue weighted by molar-refractivity contribution is 5.00. The predicted molar refractivity (Wildman–Crippen MR) is 61.0 cm³/mol. The van der Waals surface area contributed by atoms with Crippen molar-refractivity contribution in [2.45, 2.75) is 68.9 Å². The highest BCUT2D eigenvalue weighted by Gasteiger charge is 2.44. The number of hydrogen-bond acceptors (Lipinski definition) is 2. The molecule has 3 aliphatic rings. The molecule has 15 heavy (non-hydrogen) atoms. The lowest BCUT2D eigenvalue weighted by Crippen LogP contribution is -2.61. The van der Waals surface area contributed by atoms with E-state index in [0.29, 0.717) is 5.54 Å². The molecule has 0 aromatic rings. The fourth-order valence-corrected chi connectivity index (χ4v) is 3.63. The molecule has 2 aliphatic carbocycles. The summed E-state index contributed by atoms with van der Waals surface area (Å²) in [7, 11) is 0. The first-order valence-corrected chi connectivity index (χ1v) is 6.72. The van der Waals surface area contributed by atoms with Gasteiger partial charge >= 0.3 is 0 Å². The molecule has 0 amide bonds. The lowest BCUT2D eigenvalue weighted by atomic mass is 9.80. The van der Waals surface area contributed by atoms with Crippen LogP contribution in [0.1, 0.15) is 57.8 Å². The minimum atomic E-state index is 0.239. The van der Waals surface area contributed by atoms with Gasteiger partial charge in [-0.15, -0.1) is 0 Å². The van der Waals surface area contributed by atoms with Crippen LogP contribution in [0.5, 0.6) is 0 Å². The summed E-state index contributed by atoms with van der Waals surface area (Å²) in [5.74, 6) is 0. The van der Waals surface area contributed by atoms with E-state index in [0.717, 1.165) is 13.2 Å². The molecule has 0 bridgehead atoms. The molecule has 3 rings (SSSR count). The Bertz CT molecular complexity index is 215. The van der Waals surface area contributed by atoms with E-state index in [1.165, 1.54) is 57.8 Å². The second kappa shape index (κ2) is 3.74. The van der Waals surface area contributed by atoms with Gasteiger partial charge in [-0.25, -0.2) is 0 Å². The normalized spacial score (nSPS) is 33.6. The van der Waals surface area contributed by atoms with Gasteiger partial charge in [0.25, 0.3) is 0 Å². The van der Waals surface area contributed by atoms with Crippen LogP contribution >= 0.6 is 0 Å². The molecule has 1 N–H and O–H groups in total. The van der Waals surface area contributed by atoms with Crippen LogP contribution in [0.4, 0.5) is 0 Å². The number of ether oxygens (including phenoxy) is 1. The van der Waals surface area contributed by atoms with Crippen molar-refractivity contribution in [2.24, 2.45) is 0 Å². The van der Waals surface area contributed by atoms with Crippen molar-refractivity contribution in [1.82, 2.24) is 5.32 Å². The molecular formula is C13H23NO. The molecule has 0 unspecified atom stereocenters. The Kier molecular flexibility index (Phi) is 2.52. The van der Waals surface area contributed by atoms with Gasteiger partial charge < -0.3 is 10.1 Å². The smallest absolute Gasteiger partial charge is 0.0807 e. The molecular weight excluding hydrogens is 186 g/mol. The highest BCUT2D eigenvalue weighted by Crippen LogP contribution is 2.39. The molecule has 2 saturated carbocycles. The maximum Gasteiger partial charge on any atom is 0.0807 e. The van der Waals surface area contributed by atoms with Crippen molar-refractivity contribution >= 4 is 0 Å². The summed E-state index contributed by atoms with van der Waals surface area (Å²) in [5, 5.41) is 3.84. The molecule has 2 spiro atoms. The van der Waals surface area contributed by atoms with Gasteiger partial charge in [-0.05, 0) is 25.7 Å². The molecule has 0 radical (unpaired) electrons. The topological polar surface area (TPSA) is 21.3 Å². The van der Waals surface area contributed by atoms with Crippen LogP contribution in [0, 0.1) is 0 Å². The van der Waals surface area contributed by atoms with Gasteiger partial charge in [0, 0.05) is 12.1 Å². The molecule has 1 aliphatic heterocycles. The molecule has 0 aromatic heterocycles. The van der Waals surface area contributed by atoms with E-state index in [4.69, 9.17) is 4.74 Å². The van der Waals surface area contributed by atoms with E-state index in [1.54, 1.807) is 0 Å². The Morgan fingerprint density at radius 3 is 2.07 bits per heavy atom. The molecule has 1 heterocycles. The Hall–Kier alpha value is -0.0800. The van der Waals surface area contributed by atoms with Crippen LogP contribution in [0.25, 0.3) is 0 Å². The lowest BCUT2D eigenvalue weighted by molar-refractivity contribution is -0.112. The van der Waals surface area contributed by atoms with Gasteiger partial charge in [0.2, 0.25) is 0 Å². The summed E-state index contributed by atoms with van der Waals surface area (Å²) in [4.78, 5) is 0. The third-order valence-corrected chi connectivity index (χ3v) is 4.77. The summed E-state index contributed by atoms with van der Waals surface area (Å²) in [6.45, 7) is 2.10. The van der Waals surface area contributed by atoms with E-state index in [-0.39, 0.29) is 5.60 Å². The van der Waals surface area contributed by atoms with Crippen molar-refractivity contribution < 1.29 is 4.74 Å². The molecule has 2 heteroatoms. The summed E-state index contributed by atoms with van der Waals surface area (Å²) in [6.07, 6.45) is 12.2. The van der Waals surface area contributed by atoms with E-state index in [9.17, 15) is 0 Å². The second-order valence-electron chi connectivity index (χ2n) is 5.87. The van der Waals surface area contributed by atoms with Crippen LogP contribution in [-0.4, -0.2) is 24.3 Å². The van der Waals surface area contributed by atoms with E-state index < -0.39 is 0 Å². The van der Waals surface area contributed by atoms with E-state index in [1.807, 2.05) is 0 Å². The summed E-state index contributed by atoms with van der Waals surface area (Å²) in [6, 6.07) is 0. The second-order valence-corrected chi connectivity index (χ2v) is 5.87. The van der Waals surface area contributed by atoms with E-state index >= 15 is 0 Å². The van der Waals surface area contributed by atoms with Crippen LogP contribution < -0.4 is 5.32 Å². The first kappa shape index (κ1) is 10.1. The Balaban J connectivity index is 1.63. The van der Waals surface area contributed by atoms with Crippen LogP contribution in [0.3, 0.4) is 0 Å². The zero-order valence-electron chi connectivity index (χ0n) is 9.69. The summed E-state index contributed by atoms with van der Waals surface area (Å²) < 4.78 is 6.26. The Labute approximate surface area is 92.8 Å². The summed E-state index contributed by atoms with van der Waals surface area (Å²) >= 11 is 0. The SMILES string of the molecule is C1CCC2(CC1)COC1(CCCC1)CN2. The average molecular weight is 209 g/mol. The number of rotatable bonds is 0. The first-order chi connectivity index (χ1) is 7.33. The molecule has 2 nitrogen and oxygen atoms in total. The standard InChI is InChI=1S/C13H23NO/c1-2-6-12(7-3-1)11-15-13(10-14-12)8-4-5-9-13/h14H,1-11H2. The molecule has 1 saturated heterocycles. The van der Waals surface area contributed by atoms with Crippen molar-refractivity contribution in [3.8, 4) is 0 Å². The van der Waals surface area contributed by atoms with E-state index in [2.05, 4.69) is 5.32 Å². The molecule has 0 atom stereocenters. The average Bonchev–Trinajstić information content (AvgIpc) is 2.74. The highest BCUT2D eigenvalue weighted by atomic mass is 16.5. The fraction of sp³-hybridized carbons (Fsp3) is 1.00. The third-order valence-electron chi connectivity index (χ3n) is 4.77. The minimum Gasteiger partial charge on any atom is -0.372 e. The van der Waals surface area contributed by atoms with Crippen molar-refractivity contribution in [2.75, 3.05) is 13.2 Å². The number of morpholine rings is 1. The number of nitrogens with one attached hydrogen (secondary N) is 1. The van der Waals surface area contributed by atoms with Gasteiger partial charge in [0.15, 0.2) is 0 Å². The quantitative estimate of drug-likeness (QED) is 0.662. The molecule has 0 aromatic carbocycles. The van der Waals surface area contributed by atoms with Gasteiger partial charge in [-0.1, -0.05) is 32.1 Å². The first-order valence-electron chi connectivity index (χ1n) is 6.72. The predicted octanol–water partition coefficient (Wildman–Crippen LogP) is 2.62. The lowest BCUT2D eigenvalue weighted by Gasteiger charge is -2.48. The van der Waals surface area contributed by atoms with Crippen molar-refractivity contribution in [1.29, 1.82) is 0 Å². The monoisotopic (exact) mass is 209 g/mol. The van der Waals surface area contributed by atoms with Crippen LogP contribution in [0.15, 0.2) is 0 Å². The fourth-order valence-electron chi connectivity index (χ4n) is 3.63.